The number of nitrogens with zero attached hydrogens (tertiary/aromatic N) is 2. The minimum atomic E-state index is -0.243. The molecule has 0 radical (unpaired) electrons. The number of hydrogen-bond donors (Lipinski definition) is 1. The summed E-state index contributed by atoms with van der Waals surface area (Å²) in [6, 6.07) is 2.89. The minimum absolute atomic E-state index is 0.0840. The molecule has 1 aliphatic carbocycles. The lowest BCUT2D eigenvalue weighted by molar-refractivity contribution is -0.132. The van der Waals surface area contributed by atoms with Crippen LogP contribution in [0.2, 0.25) is 10.0 Å². The summed E-state index contributed by atoms with van der Waals surface area (Å²) in [6.07, 6.45) is 7.13. The quantitative estimate of drug-likeness (QED) is 0.784. The van der Waals surface area contributed by atoms with Gasteiger partial charge in [0.05, 0.1) is 10.6 Å². The van der Waals surface area contributed by atoms with E-state index in [2.05, 4.69) is 0 Å². The Balaban J connectivity index is 1.36. The van der Waals surface area contributed by atoms with Crippen molar-refractivity contribution in [2.24, 2.45) is 11.3 Å². The smallest absolute Gasteiger partial charge is 0.257 e. The zero-order valence-electron chi connectivity index (χ0n) is 15.9. The molecule has 0 bridgehead atoms. The van der Waals surface area contributed by atoms with E-state index in [1.165, 1.54) is 31.4 Å². The van der Waals surface area contributed by atoms with Crippen molar-refractivity contribution in [1.29, 1.82) is 0 Å². The normalized spacial score (nSPS) is 21.8. The van der Waals surface area contributed by atoms with Crippen molar-refractivity contribution in [3.8, 4) is 5.75 Å². The number of carbonyl (C=O) groups excluding carboxylic acids is 2. The maximum absolute atomic E-state index is 12.8. The number of aromatic hydroxyl groups is 1. The standard InChI is InChI=1S/C21H26Cl2N2O3/c22-15-11-16(19(27)17(23)12-15)20(28)24-7-4-21(5-8-24)6-9-25(13-21)18(26)10-14-2-1-3-14/h11-12,14,27H,1-10,13H2. The summed E-state index contributed by atoms with van der Waals surface area (Å²) >= 11 is 12.0. The average Bonchev–Trinajstić information content (AvgIpc) is 3.05. The minimum Gasteiger partial charge on any atom is -0.506 e. The van der Waals surface area contributed by atoms with Crippen LogP contribution in [0.3, 0.4) is 0 Å². The van der Waals surface area contributed by atoms with Crippen molar-refractivity contribution in [3.05, 3.63) is 27.7 Å². The first-order valence-electron chi connectivity index (χ1n) is 10.1. The largest absolute Gasteiger partial charge is 0.506 e. The molecule has 1 saturated carbocycles. The second-order valence-electron chi connectivity index (χ2n) is 8.64. The summed E-state index contributed by atoms with van der Waals surface area (Å²) < 4.78 is 0. The first kappa shape index (κ1) is 19.8. The molecule has 1 aromatic rings. The molecule has 2 heterocycles. The number of phenolic OH excluding ortho intramolecular Hbond substituents is 1. The number of carbonyl (C=O) groups is 2. The number of likely N-dealkylation sites (tertiary alicyclic amines) is 2. The van der Waals surface area contributed by atoms with Crippen LogP contribution in [0, 0.1) is 11.3 Å². The fourth-order valence-corrected chi connectivity index (χ4v) is 5.21. The van der Waals surface area contributed by atoms with Gasteiger partial charge in [0.15, 0.2) is 0 Å². The molecule has 7 heteroatoms. The van der Waals surface area contributed by atoms with E-state index in [0.29, 0.717) is 36.4 Å². The van der Waals surface area contributed by atoms with Gasteiger partial charge in [-0.2, -0.15) is 0 Å². The van der Waals surface area contributed by atoms with Crippen LogP contribution in [-0.2, 0) is 4.79 Å². The van der Waals surface area contributed by atoms with Gasteiger partial charge in [0.2, 0.25) is 5.91 Å². The summed E-state index contributed by atoms with van der Waals surface area (Å²) in [5, 5.41) is 10.6. The van der Waals surface area contributed by atoms with Gasteiger partial charge in [-0.15, -0.1) is 0 Å². The molecule has 3 fully saturated rings. The fraction of sp³-hybridized carbons (Fsp3) is 0.619. The third-order valence-electron chi connectivity index (χ3n) is 6.85. The Morgan fingerprint density at radius 2 is 1.71 bits per heavy atom. The number of phenols is 1. The Labute approximate surface area is 175 Å². The van der Waals surface area contributed by atoms with E-state index < -0.39 is 0 Å². The lowest BCUT2D eigenvalue weighted by atomic mass is 9.77. The van der Waals surface area contributed by atoms with Crippen molar-refractivity contribution >= 4 is 35.0 Å². The Hall–Kier alpha value is -1.46. The van der Waals surface area contributed by atoms with Gasteiger partial charge in [-0.3, -0.25) is 9.59 Å². The van der Waals surface area contributed by atoms with Gasteiger partial charge < -0.3 is 14.9 Å². The van der Waals surface area contributed by atoms with Gasteiger partial charge in [0.1, 0.15) is 5.75 Å². The molecule has 1 aromatic carbocycles. The highest BCUT2D eigenvalue weighted by Crippen LogP contribution is 2.42. The van der Waals surface area contributed by atoms with Gasteiger partial charge in [-0.25, -0.2) is 0 Å². The molecule has 4 rings (SSSR count). The number of hydrogen-bond acceptors (Lipinski definition) is 3. The fourth-order valence-electron chi connectivity index (χ4n) is 4.71. The van der Waals surface area contributed by atoms with Crippen LogP contribution in [0.4, 0.5) is 0 Å². The molecule has 1 spiro atoms. The molecule has 0 unspecified atom stereocenters. The highest BCUT2D eigenvalue weighted by molar-refractivity contribution is 6.36. The van der Waals surface area contributed by atoms with Gasteiger partial charge in [0, 0.05) is 37.6 Å². The number of rotatable bonds is 3. The summed E-state index contributed by atoms with van der Waals surface area (Å²) in [6.45, 7) is 2.89. The number of halogens is 2. The van der Waals surface area contributed by atoms with E-state index in [9.17, 15) is 14.7 Å². The van der Waals surface area contributed by atoms with Crippen LogP contribution < -0.4 is 0 Å². The van der Waals surface area contributed by atoms with E-state index in [4.69, 9.17) is 23.2 Å². The van der Waals surface area contributed by atoms with Crippen molar-refractivity contribution < 1.29 is 14.7 Å². The zero-order chi connectivity index (χ0) is 19.9. The van der Waals surface area contributed by atoms with Crippen LogP contribution in [-0.4, -0.2) is 52.9 Å². The van der Waals surface area contributed by atoms with E-state index in [0.717, 1.165) is 32.4 Å². The van der Waals surface area contributed by atoms with E-state index in [1.807, 2.05) is 4.90 Å². The van der Waals surface area contributed by atoms with Crippen LogP contribution in [0.15, 0.2) is 12.1 Å². The molecule has 2 amide bonds. The number of piperidine rings is 1. The predicted octanol–water partition coefficient (Wildman–Crippen LogP) is 4.34. The topological polar surface area (TPSA) is 60.9 Å². The highest BCUT2D eigenvalue weighted by Gasteiger charge is 2.43. The van der Waals surface area contributed by atoms with Gasteiger partial charge in [0.25, 0.3) is 5.91 Å². The molecule has 5 nitrogen and oxygen atoms in total. The van der Waals surface area contributed by atoms with Gasteiger partial charge >= 0.3 is 0 Å². The molecule has 3 aliphatic rings. The van der Waals surface area contributed by atoms with Crippen LogP contribution in [0.25, 0.3) is 0 Å². The second kappa shape index (κ2) is 7.75. The SMILES string of the molecule is O=C(CC1CCC1)N1CCC2(CCN(C(=O)c3cc(Cl)cc(Cl)c3O)CC2)C1. The third kappa shape index (κ3) is 3.84. The maximum Gasteiger partial charge on any atom is 0.257 e. The number of benzene rings is 1. The molecule has 152 valence electrons. The Kier molecular flexibility index (Phi) is 5.49. The van der Waals surface area contributed by atoms with Gasteiger partial charge in [-0.1, -0.05) is 29.6 Å². The first-order chi connectivity index (χ1) is 13.4. The van der Waals surface area contributed by atoms with E-state index in [1.54, 1.807) is 4.90 Å². The van der Waals surface area contributed by atoms with Crippen molar-refractivity contribution in [1.82, 2.24) is 9.80 Å². The van der Waals surface area contributed by atoms with Crippen molar-refractivity contribution in [2.75, 3.05) is 26.2 Å². The zero-order valence-corrected chi connectivity index (χ0v) is 17.4. The molecule has 0 aromatic heterocycles. The summed E-state index contributed by atoms with van der Waals surface area (Å²) in [7, 11) is 0. The van der Waals surface area contributed by atoms with Crippen LogP contribution in [0.5, 0.6) is 5.75 Å². The molecule has 2 saturated heterocycles. The third-order valence-corrected chi connectivity index (χ3v) is 7.36. The molecular weight excluding hydrogens is 399 g/mol. The van der Waals surface area contributed by atoms with E-state index >= 15 is 0 Å². The monoisotopic (exact) mass is 424 g/mol. The predicted molar refractivity (Wildman–Crippen MR) is 109 cm³/mol. The highest BCUT2D eigenvalue weighted by atomic mass is 35.5. The van der Waals surface area contributed by atoms with Gasteiger partial charge in [-0.05, 0) is 55.6 Å². The molecule has 2 aliphatic heterocycles. The summed E-state index contributed by atoms with van der Waals surface area (Å²) in [4.78, 5) is 29.2. The van der Waals surface area contributed by atoms with Crippen LogP contribution in [0.1, 0.15) is 55.3 Å². The lowest BCUT2D eigenvalue weighted by Crippen LogP contribution is -2.44. The summed E-state index contributed by atoms with van der Waals surface area (Å²) in [5.74, 6) is 0.442. The molecule has 28 heavy (non-hydrogen) atoms. The number of amides is 2. The first-order valence-corrected chi connectivity index (χ1v) is 10.9. The maximum atomic E-state index is 12.8. The van der Waals surface area contributed by atoms with E-state index in [-0.39, 0.29) is 27.7 Å². The summed E-state index contributed by atoms with van der Waals surface area (Å²) in [5.41, 5.74) is 0.275. The lowest BCUT2D eigenvalue weighted by Gasteiger charge is -2.39. The van der Waals surface area contributed by atoms with Crippen molar-refractivity contribution in [3.63, 3.8) is 0 Å². The second-order valence-corrected chi connectivity index (χ2v) is 9.49. The Bertz CT molecular complexity index is 786. The molecular formula is C21H26Cl2N2O3. The van der Waals surface area contributed by atoms with Crippen molar-refractivity contribution in [2.45, 2.75) is 44.9 Å². The Morgan fingerprint density at radius 1 is 1.07 bits per heavy atom. The Morgan fingerprint density at radius 3 is 2.32 bits per heavy atom. The average molecular weight is 425 g/mol. The molecule has 0 atom stereocenters. The molecule has 1 N–H and O–H groups in total. The van der Waals surface area contributed by atoms with Crippen LogP contribution >= 0.6 is 23.2 Å².